The van der Waals surface area contributed by atoms with Crippen molar-refractivity contribution in [2.24, 2.45) is 0 Å². The molecule has 4 aromatic carbocycles. The Balaban J connectivity index is 1.59. The first-order chi connectivity index (χ1) is 21.4. The summed E-state index contributed by atoms with van der Waals surface area (Å²) >= 11 is 0. The fraction of sp³-hybridized carbons (Fsp3) is 0.114. The van der Waals surface area contributed by atoms with Gasteiger partial charge in [0.05, 0.1) is 28.4 Å². The molecule has 0 aliphatic rings. The number of anilines is 1. The van der Waals surface area contributed by atoms with E-state index in [1.54, 1.807) is 79.9 Å². The Kier molecular flexibility index (Phi) is 10.5. The van der Waals surface area contributed by atoms with Gasteiger partial charge in [0.1, 0.15) is 17.2 Å². The van der Waals surface area contributed by atoms with E-state index in [-0.39, 0.29) is 11.5 Å². The van der Waals surface area contributed by atoms with Crippen molar-refractivity contribution in [2.75, 3.05) is 33.8 Å². The van der Waals surface area contributed by atoms with Crippen LogP contribution in [0, 0.1) is 0 Å². The van der Waals surface area contributed by atoms with Crippen LogP contribution in [-0.4, -0.2) is 46.0 Å². The first kappa shape index (κ1) is 31.1. The molecule has 44 heavy (non-hydrogen) atoms. The number of allylic oxidation sites excluding steroid dienone is 1. The average molecular weight is 593 g/mol. The van der Waals surface area contributed by atoms with Crippen LogP contribution in [0.4, 0.5) is 5.69 Å². The zero-order valence-electron chi connectivity index (χ0n) is 24.8. The van der Waals surface area contributed by atoms with E-state index >= 15 is 0 Å². The quantitative estimate of drug-likeness (QED) is 0.153. The molecule has 0 saturated heterocycles. The van der Waals surface area contributed by atoms with E-state index < -0.39 is 11.8 Å². The Morgan fingerprint density at radius 3 is 1.89 bits per heavy atom. The minimum Gasteiger partial charge on any atom is -0.496 e. The zero-order valence-corrected chi connectivity index (χ0v) is 24.8. The Morgan fingerprint density at radius 1 is 0.614 bits per heavy atom. The van der Waals surface area contributed by atoms with Crippen molar-refractivity contribution in [3.8, 4) is 23.0 Å². The van der Waals surface area contributed by atoms with Crippen molar-refractivity contribution >= 4 is 35.4 Å². The smallest absolute Gasteiger partial charge is 0.272 e. The fourth-order valence-corrected chi connectivity index (χ4v) is 4.25. The summed E-state index contributed by atoms with van der Waals surface area (Å²) in [5, 5.41) is 5.48. The first-order valence-corrected chi connectivity index (χ1v) is 13.5. The summed E-state index contributed by atoms with van der Waals surface area (Å²) < 4.78 is 21.6. The Bertz CT molecular complexity index is 1690. The Hall–Kier alpha value is -5.83. The Labute approximate surface area is 255 Å². The number of para-hydroxylation sites is 1. The molecule has 224 valence electrons. The lowest BCUT2D eigenvalue weighted by Crippen LogP contribution is -2.30. The van der Waals surface area contributed by atoms with Gasteiger partial charge < -0.3 is 29.6 Å². The van der Waals surface area contributed by atoms with Crippen LogP contribution in [0.1, 0.15) is 31.8 Å². The van der Waals surface area contributed by atoms with E-state index in [0.717, 1.165) is 5.56 Å². The Morgan fingerprint density at radius 2 is 1.23 bits per heavy atom. The molecule has 0 radical (unpaired) electrons. The SMILES string of the molecule is COc1cc(OC)c(OC)cc1/C=C(\NC(=O)c1ccccc1)C(=O)Nc1ccc(C(=O)/C=C/c2ccccc2OC)cc1. The maximum Gasteiger partial charge on any atom is 0.272 e. The number of nitrogens with one attached hydrogen (secondary N) is 2. The van der Waals surface area contributed by atoms with Crippen molar-refractivity contribution in [1.29, 1.82) is 0 Å². The van der Waals surface area contributed by atoms with Gasteiger partial charge >= 0.3 is 0 Å². The molecule has 4 rings (SSSR count). The van der Waals surface area contributed by atoms with E-state index in [9.17, 15) is 14.4 Å². The number of rotatable bonds is 12. The van der Waals surface area contributed by atoms with Crippen LogP contribution < -0.4 is 29.6 Å². The molecular formula is C35H32N2O7. The molecule has 4 aromatic rings. The highest BCUT2D eigenvalue weighted by atomic mass is 16.5. The summed E-state index contributed by atoms with van der Waals surface area (Å²) in [5.41, 5.74) is 2.40. The van der Waals surface area contributed by atoms with Gasteiger partial charge in [-0.25, -0.2) is 0 Å². The third kappa shape index (κ3) is 7.71. The lowest BCUT2D eigenvalue weighted by Gasteiger charge is -2.15. The zero-order chi connectivity index (χ0) is 31.5. The lowest BCUT2D eigenvalue weighted by molar-refractivity contribution is -0.113. The number of ether oxygens (including phenoxy) is 4. The number of hydrogen-bond acceptors (Lipinski definition) is 7. The molecule has 0 fully saturated rings. The number of hydrogen-bond donors (Lipinski definition) is 2. The predicted molar refractivity (Wildman–Crippen MR) is 169 cm³/mol. The normalized spacial score (nSPS) is 11.0. The minimum atomic E-state index is -0.596. The maximum absolute atomic E-state index is 13.5. The summed E-state index contributed by atoms with van der Waals surface area (Å²) in [6.45, 7) is 0. The van der Waals surface area contributed by atoms with Crippen molar-refractivity contribution in [2.45, 2.75) is 0 Å². The number of ketones is 1. The molecule has 0 aliphatic heterocycles. The van der Waals surface area contributed by atoms with Crippen LogP contribution in [0.3, 0.4) is 0 Å². The van der Waals surface area contributed by atoms with Gasteiger partial charge in [-0.2, -0.15) is 0 Å². The predicted octanol–water partition coefficient (Wildman–Crippen LogP) is 6.03. The number of carbonyl (C=O) groups excluding carboxylic acids is 3. The number of carbonyl (C=O) groups is 3. The molecule has 0 aromatic heterocycles. The molecule has 0 atom stereocenters. The van der Waals surface area contributed by atoms with Gasteiger partial charge in [0, 0.05) is 34.0 Å². The second kappa shape index (κ2) is 14.9. The topological polar surface area (TPSA) is 112 Å². The van der Waals surface area contributed by atoms with Gasteiger partial charge in [0.2, 0.25) is 0 Å². The van der Waals surface area contributed by atoms with Crippen LogP contribution in [-0.2, 0) is 4.79 Å². The summed E-state index contributed by atoms with van der Waals surface area (Å²) in [5.74, 6) is 0.608. The molecule has 9 nitrogen and oxygen atoms in total. The third-order valence-corrected chi connectivity index (χ3v) is 6.55. The van der Waals surface area contributed by atoms with E-state index in [0.29, 0.717) is 45.4 Å². The molecule has 0 bridgehead atoms. The molecule has 2 N–H and O–H groups in total. The third-order valence-electron chi connectivity index (χ3n) is 6.55. The number of benzene rings is 4. The maximum atomic E-state index is 13.5. The number of amides is 2. The highest BCUT2D eigenvalue weighted by molar-refractivity contribution is 6.11. The fourth-order valence-electron chi connectivity index (χ4n) is 4.25. The highest BCUT2D eigenvalue weighted by Crippen LogP contribution is 2.35. The largest absolute Gasteiger partial charge is 0.496 e. The van der Waals surface area contributed by atoms with Crippen molar-refractivity contribution < 1.29 is 33.3 Å². The van der Waals surface area contributed by atoms with Crippen LogP contribution in [0.15, 0.2) is 103 Å². The van der Waals surface area contributed by atoms with Crippen molar-refractivity contribution in [1.82, 2.24) is 5.32 Å². The first-order valence-electron chi connectivity index (χ1n) is 13.5. The van der Waals surface area contributed by atoms with Gasteiger partial charge in [-0.15, -0.1) is 0 Å². The van der Waals surface area contributed by atoms with Crippen molar-refractivity contribution in [3.05, 3.63) is 125 Å². The summed E-state index contributed by atoms with van der Waals surface area (Å²) in [4.78, 5) is 39.3. The molecule has 9 heteroatoms. The molecular weight excluding hydrogens is 560 g/mol. The second-order valence-electron chi connectivity index (χ2n) is 9.30. The lowest BCUT2D eigenvalue weighted by atomic mass is 10.1. The molecule has 0 saturated carbocycles. The summed E-state index contributed by atoms with van der Waals surface area (Å²) in [7, 11) is 6.04. The molecule has 0 spiro atoms. The van der Waals surface area contributed by atoms with Crippen LogP contribution in [0.2, 0.25) is 0 Å². The van der Waals surface area contributed by atoms with Gasteiger partial charge in [-0.3, -0.25) is 14.4 Å². The van der Waals surface area contributed by atoms with Crippen LogP contribution >= 0.6 is 0 Å². The van der Waals surface area contributed by atoms with Gasteiger partial charge in [0.25, 0.3) is 11.8 Å². The van der Waals surface area contributed by atoms with Crippen LogP contribution in [0.25, 0.3) is 12.2 Å². The van der Waals surface area contributed by atoms with E-state index in [4.69, 9.17) is 18.9 Å². The summed E-state index contributed by atoms with van der Waals surface area (Å²) in [6.07, 6.45) is 4.63. The molecule has 2 amide bonds. The van der Waals surface area contributed by atoms with E-state index in [2.05, 4.69) is 10.6 Å². The second-order valence-corrected chi connectivity index (χ2v) is 9.30. The van der Waals surface area contributed by atoms with Gasteiger partial charge in [-0.05, 0) is 66.8 Å². The monoisotopic (exact) mass is 592 g/mol. The average Bonchev–Trinajstić information content (AvgIpc) is 3.07. The van der Waals surface area contributed by atoms with Crippen molar-refractivity contribution in [3.63, 3.8) is 0 Å². The molecule has 0 aliphatic carbocycles. The van der Waals surface area contributed by atoms with Crippen LogP contribution in [0.5, 0.6) is 23.0 Å². The highest BCUT2D eigenvalue weighted by Gasteiger charge is 2.18. The minimum absolute atomic E-state index is 0.0516. The molecule has 0 unspecified atom stereocenters. The summed E-state index contributed by atoms with van der Waals surface area (Å²) in [6, 6.07) is 25.6. The van der Waals surface area contributed by atoms with E-state index in [1.165, 1.54) is 33.5 Å². The van der Waals surface area contributed by atoms with Gasteiger partial charge in [-0.1, -0.05) is 36.4 Å². The van der Waals surface area contributed by atoms with Gasteiger partial charge in [0.15, 0.2) is 17.3 Å². The molecule has 0 heterocycles. The van der Waals surface area contributed by atoms with E-state index in [1.807, 2.05) is 24.3 Å². The number of methoxy groups -OCH3 is 4. The standard InChI is InChI=1S/C35H32N2O7/c1-41-30-13-9-8-10-24(30)16-19-29(38)23-14-17-27(18-15-23)36-35(40)28(37-34(39)25-11-6-5-7-12-25)20-26-21-32(43-3)33(44-4)22-31(26)42-2/h5-22H,1-4H3,(H,36,40)(H,37,39)/b19-16+,28-20-.